The Bertz CT molecular complexity index is 1150. The quantitative estimate of drug-likeness (QED) is 0.202. The van der Waals surface area contributed by atoms with Gasteiger partial charge in [0.25, 0.3) is 0 Å². The van der Waals surface area contributed by atoms with Crippen molar-refractivity contribution in [2.24, 2.45) is 0 Å². The van der Waals surface area contributed by atoms with Gasteiger partial charge in [0.1, 0.15) is 0 Å². The van der Waals surface area contributed by atoms with Crippen LogP contribution in [0.1, 0.15) is 47.9 Å². The molecule has 0 saturated carbocycles. The summed E-state index contributed by atoms with van der Waals surface area (Å²) in [5, 5.41) is 0. The Kier molecular flexibility index (Phi) is 8.78. The Labute approximate surface area is 204 Å². The molecule has 166 valence electrons. The molecule has 0 heteroatoms. The van der Waals surface area contributed by atoms with Gasteiger partial charge >= 0.3 is 0 Å². The fraction of sp³-hybridized carbons (Fsp3) is 0.176. The van der Waals surface area contributed by atoms with Gasteiger partial charge in [-0.05, 0) is 72.2 Å². The Morgan fingerprint density at radius 1 is 0.412 bits per heavy atom. The van der Waals surface area contributed by atoms with E-state index in [-0.39, 0.29) is 0 Å². The molecule has 0 heterocycles. The molecule has 0 bridgehead atoms. The molecule has 0 saturated heterocycles. The van der Waals surface area contributed by atoms with Crippen molar-refractivity contribution in [3.05, 3.63) is 131 Å². The van der Waals surface area contributed by atoms with E-state index in [0.29, 0.717) is 0 Å². The highest BCUT2D eigenvalue weighted by Crippen LogP contribution is 2.20. The van der Waals surface area contributed by atoms with Crippen molar-refractivity contribution >= 4 is 0 Å². The van der Waals surface area contributed by atoms with Crippen LogP contribution in [0.4, 0.5) is 0 Å². The molecule has 4 rings (SSSR count). The SMILES string of the molecule is C(#Cc1ccc(-c2ccc(C#CCCCc3ccccc3)cc2)cc1)CCCc1ccccc1. The van der Waals surface area contributed by atoms with E-state index >= 15 is 0 Å². The summed E-state index contributed by atoms with van der Waals surface area (Å²) in [5.74, 6) is 13.2. The normalized spacial score (nSPS) is 10.0. The van der Waals surface area contributed by atoms with Gasteiger partial charge in [0.15, 0.2) is 0 Å². The van der Waals surface area contributed by atoms with Crippen molar-refractivity contribution in [2.75, 3.05) is 0 Å². The molecule has 0 aliphatic heterocycles. The summed E-state index contributed by atoms with van der Waals surface area (Å²) in [7, 11) is 0. The van der Waals surface area contributed by atoms with Gasteiger partial charge in [0.05, 0.1) is 0 Å². The molecule has 0 amide bonds. The lowest BCUT2D eigenvalue weighted by Crippen LogP contribution is -1.84. The molecule has 0 nitrogen and oxygen atoms in total. The van der Waals surface area contributed by atoms with Crippen LogP contribution in [0, 0.1) is 23.7 Å². The molecule has 0 fully saturated rings. The van der Waals surface area contributed by atoms with E-state index in [1.165, 1.54) is 22.3 Å². The molecule has 0 aliphatic rings. The lowest BCUT2D eigenvalue weighted by Gasteiger charge is -2.02. The summed E-state index contributed by atoms with van der Waals surface area (Å²) in [6.45, 7) is 0. The standard InChI is InChI=1S/C34H30/c1-5-13-29(14-6-1)17-9-3-11-19-31-21-25-33(26-22-31)34-27-23-32(24-28-34)20-12-4-10-18-30-15-7-2-8-16-30/h1-2,5-8,13-16,21-28H,3-4,9-10,17-18H2. The second-order valence-electron chi connectivity index (χ2n) is 8.44. The minimum Gasteiger partial charge on any atom is -0.0979 e. The largest absolute Gasteiger partial charge is 0.0979 e. The minimum absolute atomic E-state index is 0.922. The average molecular weight is 439 g/mol. The van der Waals surface area contributed by atoms with Gasteiger partial charge in [-0.2, -0.15) is 0 Å². The van der Waals surface area contributed by atoms with Crippen LogP contribution in [-0.2, 0) is 12.8 Å². The minimum atomic E-state index is 0.922. The van der Waals surface area contributed by atoms with E-state index < -0.39 is 0 Å². The number of hydrogen-bond acceptors (Lipinski definition) is 0. The van der Waals surface area contributed by atoms with E-state index in [9.17, 15) is 0 Å². The number of hydrogen-bond donors (Lipinski definition) is 0. The van der Waals surface area contributed by atoms with Crippen molar-refractivity contribution < 1.29 is 0 Å². The van der Waals surface area contributed by atoms with Crippen molar-refractivity contribution in [2.45, 2.75) is 38.5 Å². The van der Waals surface area contributed by atoms with Gasteiger partial charge in [0.2, 0.25) is 0 Å². The van der Waals surface area contributed by atoms with E-state index in [2.05, 4.69) is 133 Å². The molecule has 0 unspecified atom stereocenters. The molecule has 34 heavy (non-hydrogen) atoms. The summed E-state index contributed by atoms with van der Waals surface area (Å²) >= 11 is 0. The first-order valence-corrected chi connectivity index (χ1v) is 12.1. The van der Waals surface area contributed by atoms with Gasteiger partial charge in [-0.15, -0.1) is 0 Å². The molecule has 0 N–H and O–H groups in total. The predicted molar refractivity (Wildman–Crippen MR) is 144 cm³/mol. The van der Waals surface area contributed by atoms with Gasteiger partial charge in [0, 0.05) is 24.0 Å². The van der Waals surface area contributed by atoms with Gasteiger partial charge < -0.3 is 0 Å². The smallest absolute Gasteiger partial charge is 0.0245 e. The molecule has 0 aliphatic carbocycles. The Morgan fingerprint density at radius 3 is 1.18 bits per heavy atom. The zero-order chi connectivity index (χ0) is 23.3. The van der Waals surface area contributed by atoms with E-state index in [1.807, 2.05) is 0 Å². The molecule has 0 atom stereocenters. The Balaban J connectivity index is 1.23. The maximum Gasteiger partial charge on any atom is 0.0245 e. The maximum absolute atomic E-state index is 3.31. The van der Waals surface area contributed by atoms with Crippen molar-refractivity contribution in [3.8, 4) is 34.8 Å². The highest BCUT2D eigenvalue weighted by molar-refractivity contribution is 5.65. The molecule has 4 aromatic carbocycles. The lowest BCUT2D eigenvalue weighted by molar-refractivity contribution is 0.858. The average Bonchev–Trinajstić information content (AvgIpc) is 2.90. The van der Waals surface area contributed by atoms with Crippen molar-refractivity contribution in [3.63, 3.8) is 0 Å². The first kappa shape index (κ1) is 23.2. The first-order valence-electron chi connectivity index (χ1n) is 12.1. The van der Waals surface area contributed by atoms with Crippen molar-refractivity contribution in [1.29, 1.82) is 0 Å². The highest BCUT2D eigenvalue weighted by Gasteiger charge is 1.98. The Morgan fingerprint density at radius 2 is 0.794 bits per heavy atom. The van der Waals surface area contributed by atoms with E-state index in [0.717, 1.165) is 49.7 Å². The Hall–Kier alpha value is -4.00. The first-order chi connectivity index (χ1) is 16.9. The number of unbranched alkanes of at least 4 members (excludes halogenated alkanes) is 2. The van der Waals surface area contributed by atoms with Crippen LogP contribution in [0.5, 0.6) is 0 Å². The summed E-state index contributed by atoms with van der Waals surface area (Å²) in [5.41, 5.74) is 7.32. The number of rotatable bonds is 7. The van der Waals surface area contributed by atoms with Gasteiger partial charge in [-0.3, -0.25) is 0 Å². The second kappa shape index (κ2) is 12.9. The van der Waals surface area contributed by atoms with Crippen LogP contribution < -0.4 is 0 Å². The molecular weight excluding hydrogens is 408 g/mol. The molecule has 0 radical (unpaired) electrons. The van der Waals surface area contributed by atoms with Crippen LogP contribution in [0.25, 0.3) is 11.1 Å². The van der Waals surface area contributed by atoms with Crippen LogP contribution in [0.3, 0.4) is 0 Å². The third-order valence-corrected chi connectivity index (χ3v) is 5.79. The van der Waals surface area contributed by atoms with Crippen LogP contribution in [-0.4, -0.2) is 0 Å². The number of benzene rings is 4. The van der Waals surface area contributed by atoms with Crippen LogP contribution in [0.15, 0.2) is 109 Å². The molecule has 4 aromatic rings. The third kappa shape index (κ3) is 7.55. The number of aryl methyl sites for hydroxylation is 2. The summed E-state index contributed by atoms with van der Waals surface area (Å²) in [6.07, 6.45) is 6.20. The molecule has 0 aromatic heterocycles. The topological polar surface area (TPSA) is 0 Å². The fourth-order valence-electron chi connectivity index (χ4n) is 3.87. The molecular formula is C34H30. The summed E-state index contributed by atoms with van der Waals surface area (Å²) in [6, 6.07) is 38.3. The van der Waals surface area contributed by atoms with Gasteiger partial charge in [-0.1, -0.05) is 109 Å². The van der Waals surface area contributed by atoms with Crippen LogP contribution >= 0.6 is 0 Å². The van der Waals surface area contributed by atoms with Crippen molar-refractivity contribution in [1.82, 2.24) is 0 Å². The van der Waals surface area contributed by atoms with Gasteiger partial charge in [-0.25, -0.2) is 0 Å². The fourth-order valence-corrected chi connectivity index (χ4v) is 3.87. The maximum atomic E-state index is 3.31. The summed E-state index contributed by atoms with van der Waals surface area (Å²) in [4.78, 5) is 0. The highest BCUT2D eigenvalue weighted by atomic mass is 14.0. The lowest BCUT2D eigenvalue weighted by atomic mass is 10.0. The zero-order valence-electron chi connectivity index (χ0n) is 19.6. The third-order valence-electron chi connectivity index (χ3n) is 5.79. The second-order valence-corrected chi connectivity index (χ2v) is 8.44. The predicted octanol–water partition coefficient (Wildman–Crippen LogP) is 8.10. The molecule has 0 spiro atoms. The zero-order valence-corrected chi connectivity index (χ0v) is 19.6. The van der Waals surface area contributed by atoms with E-state index in [1.54, 1.807) is 0 Å². The monoisotopic (exact) mass is 438 g/mol. The summed E-state index contributed by atoms with van der Waals surface area (Å²) < 4.78 is 0. The van der Waals surface area contributed by atoms with Crippen LogP contribution in [0.2, 0.25) is 0 Å². The van der Waals surface area contributed by atoms with E-state index in [4.69, 9.17) is 0 Å².